The lowest BCUT2D eigenvalue weighted by molar-refractivity contribution is 0.145. The van der Waals surface area contributed by atoms with Gasteiger partial charge >= 0.3 is 0 Å². The lowest BCUT2D eigenvalue weighted by atomic mass is 9.85. The quantitative estimate of drug-likeness (QED) is 0.709. The summed E-state index contributed by atoms with van der Waals surface area (Å²) in [6.45, 7) is 0. The molecule has 0 amide bonds. The van der Waals surface area contributed by atoms with Crippen LogP contribution in [0.15, 0.2) is 42.6 Å². The van der Waals surface area contributed by atoms with E-state index >= 15 is 0 Å². The Bertz CT molecular complexity index is 630. The highest BCUT2D eigenvalue weighted by Gasteiger charge is 2.34. The first-order valence-corrected chi connectivity index (χ1v) is 5.69. The van der Waals surface area contributed by atoms with Crippen LogP contribution in [0.25, 0.3) is 12.2 Å². The van der Waals surface area contributed by atoms with Gasteiger partial charge in [-0.1, -0.05) is 42.3 Å². The van der Waals surface area contributed by atoms with Crippen LogP contribution in [0.3, 0.4) is 0 Å². The molecule has 1 aliphatic rings. The summed E-state index contributed by atoms with van der Waals surface area (Å²) in [5.41, 5.74) is 1.55. The summed E-state index contributed by atoms with van der Waals surface area (Å²) in [4.78, 5) is 4.26. The Kier molecular flexibility index (Phi) is 2.29. The Morgan fingerprint density at radius 2 is 1.83 bits per heavy atom. The number of benzene rings is 1. The van der Waals surface area contributed by atoms with Crippen molar-refractivity contribution in [3.05, 3.63) is 65.0 Å². The minimum absolute atomic E-state index is 0.647. The van der Waals surface area contributed by atoms with Gasteiger partial charge in [0.15, 0.2) is 5.60 Å². The standard InChI is InChI=1S/C16H11NO/c1-2-16(18)13-7-4-3-6-12(13)9-10-15-14(16)8-5-11-17-15/h1,3-11,18H. The summed E-state index contributed by atoms with van der Waals surface area (Å²) in [5.74, 6) is 2.51. The minimum atomic E-state index is -1.43. The molecule has 0 saturated carbocycles. The van der Waals surface area contributed by atoms with Crippen molar-refractivity contribution in [1.82, 2.24) is 4.98 Å². The smallest absolute Gasteiger partial charge is 0.179 e. The van der Waals surface area contributed by atoms with Gasteiger partial charge in [0.2, 0.25) is 0 Å². The largest absolute Gasteiger partial charge is 0.369 e. The zero-order valence-corrected chi connectivity index (χ0v) is 9.67. The first-order chi connectivity index (χ1) is 8.75. The van der Waals surface area contributed by atoms with Crippen molar-refractivity contribution in [2.45, 2.75) is 5.60 Å². The van der Waals surface area contributed by atoms with E-state index in [4.69, 9.17) is 6.42 Å². The SMILES string of the molecule is C#CC1(O)c2ccccc2C=Cc2ncccc21. The number of aliphatic hydroxyl groups is 1. The fourth-order valence-corrected chi connectivity index (χ4v) is 2.30. The predicted octanol–water partition coefficient (Wildman–Crippen LogP) is 2.43. The Labute approximate surface area is 106 Å². The number of hydrogen-bond acceptors (Lipinski definition) is 2. The van der Waals surface area contributed by atoms with E-state index < -0.39 is 5.60 Å². The van der Waals surface area contributed by atoms with Crippen LogP contribution in [0.1, 0.15) is 22.4 Å². The molecule has 0 aliphatic heterocycles. The van der Waals surface area contributed by atoms with Crippen molar-refractivity contribution in [2.75, 3.05) is 0 Å². The van der Waals surface area contributed by atoms with Crippen LogP contribution in [0.2, 0.25) is 0 Å². The first kappa shape index (κ1) is 10.8. The molecule has 1 heterocycles. The third-order valence-electron chi connectivity index (χ3n) is 3.21. The van der Waals surface area contributed by atoms with Crippen molar-refractivity contribution in [1.29, 1.82) is 0 Å². The number of fused-ring (bicyclic) bond motifs is 2. The van der Waals surface area contributed by atoms with Gasteiger partial charge in [0.25, 0.3) is 0 Å². The first-order valence-electron chi connectivity index (χ1n) is 5.69. The fourth-order valence-electron chi connectivity index (χ4n) is 2.30. The van der Waals surface area contributed by atoms with Gasteiger partial charge < -0.3 is 5.11 Å². The molecule has 18 heavy (non-hydrogen) atoms. The molecule has 2 nitrogen and oxygen atoms in total. The maximum Gasteiger partial charge on any atom is 0.179 e. The molecule has 1 atom stereocenters. The number of terminal acetylenes is 1. The molecule has 2 heteroatoms. The topological polar surface area (TPSA) is 33.1 Å². The molecule has 1 aromatic heterocycles. The van der Waals surface area contributed by atoms with E-state index in [0.717, 1.165) is 11.1 Å². The molecular formula is C16H11NO. The normalized spacial score (nSPS) is 20.4. The van der Waals surface area contributed by atoms with Crippen LogP contribution < -0.4 is 0 Å². The molecule has 1 aromatic carbocycles. The molecule has 0 radical (unpaired) electrons. The van der Waals surface area contributed by atoms with Crippen LogP contribution in [-0.2, 0) is 5.60 Å². The Balaban J connectivity index is 2.40. The highest BCUT2D eigenvalue weighted by molar-refractivity contribution is 5.76. The molecule has 2 aromatic rings. The summed E-state index contributed by atoms with van der Waals surface area (Å²) < 4.78 is 0. The average Bonchev–Trinajstić information content (AvgIpc) is 2.56. The van der Waals surface area contributed by atoms with Gasteiger partial charge in [0.05, 0.1) is 5.69 Å². The molecule has 0 saturated heterocycles. The van der Waals surface area contributed by atoms with Gasteiger partial charge in [-0.25, -0.2) is 0 Å². The van der Waals surface area contributed by atoms with E-state index in [1.807, 2.05) is 42.5 Å². The van der Waals surface area contributed by atoms with Crippen LogP contribution in [-0.4, -0.2) is 10.1 Å². The molecule has 86 valence electrons. The van der Waals surface area contributed by atoms with Gasteiger partial charge in [-0.2, -0.15) is 0 Å². The highest BCUT2D eigenvalue weighted by atomic mass is 16.3. The third kappa shape index (κ3) is 1.38. The van der Waals surface area contributed by atoms with E-state index in [2.05, 4.69) is 10.9 Å². The number of aromatic nitrogens is 1. The van der Waals surface area contributed by atoms with Crippen LogP contribution >= 0.6 is 0 Å². The van der Waals surface area contributed by atoms with Crippen molar-refractivity contribution in [2.24, 2.45) is 0 Å². The molecule has 0 fully saturated rings. The summed E-state index contributed by atoms with van der Waals surface area (Å²) in [6.07, 6.45) is 11.1. The zero-order chi connectivity index (χ0) is 12.6. The lowest BCUT2D eigenvalue weighted by Crippen LogP contribution is -2.26. The highest BCUT2D eigenvalue weighted by Crippen LogP contribution is 2.36. The second-order valence-electron chi connectivity index (χ2n) is 4.21. The molecule has 1 unspecified atom stereocenters. The van der Waals surface area contributed by atoms with Crippen LogP contribution in [0, 0.1) is 12.3 Å². The molecule has 3 rings (SSSR count). The number of hydrogen-bond donors (Lipinski definition) is 1. The number of rotatable bonds is 0. The van der Waals surface area contributed by atoms with E-state index in [0.29, 0.717) is 11.3 Å². The van der Waals surface area contributed by atoms with Gasteiger partial charge in [0.1, 0.15) is 0 Å². The summed E-state index contributed by atoms with van der Waals surface area (Å²) in [5, 5.41) is 10.8. The minimum Gasteiger partial charge on any atom is -0.369 e. The van der Waals surface area contributed by atoms with Crippen LogP contribution in [0.5, 0.6) is 0 Å². The average molecular weight is 233 g/mol. The molecule has 0 spiro atoms. The molecular weight excluding hydrogens is 222 g/mol. The van der Waals surface area contributed by atoms with Gasteiger partial charge in [0, 0.05) is 17.3 Å². The molecule has 0 bridgehead atoms. The van der Waals surface area contributed by atoms with Gasteiger partial charge in [-0.3, -0.25) is 4.98 Å². The Morgan fingerprint density at radius 3 is 2.67 bits per heavy atom. The van der Waals surface area contributed by atoms with Crippen LogP contribution in [0.4, 0.5) is 0 Å². The summed E-state index contributed by atoms with van der Waals surface area (Å²) >= 11 is 0. The lowest BCUT2D eigenvalue weighted by Gasteiger charge is -2.24. The zero-order valence-electron chi connectivity index (χ0n) is 9.67. The second kappa shape index (κ2) is 3.83. The van der Waals surface area contributed by atoms with Crippen molar-refractivity contribution in [3.8, 4) is 12.3 Å². The maximum atomic E-state index is 10.8. The molecule has 1 aliphatic carbocycles. The molecule has 1 N–H and O–H groups in total. The van der Waals surface area contributed by atoms with Gasteiger partial charge in [-0.15, -0.1) is 6.42 Å². The number of pyridine rings is 1. The van der Waals surface area contributed by atoms with E-state index in [1.54, 1.807) is 12.3 Å². The van der Waals surface area contributed by atoms with E-state index in [-0.39, 0.29) is 0 Å². The van der Waals surface area contributed by atoms with Crippen molar-refractivity contribution < 1.29 is 5.11 Å². The van der Waals surface area contributed by atoms with Crippen molar-refractivity contribution in [3.63, 3.8) is 0 Å². The summed E-state index contributed by atoms with van der Waals surface area (Å²) in [6, 6.07) is 11.2. The van der Waals surface area contributed by atoms with Gasteiger partial charge in [-0.05, 0) is 17.7 Å². The van der Waals surface area contributed by atoms with Crippen molar-refractivity contribution >= 4 is 12.2 Å². The fraction of sp³-hybridized carbons (Fsp3) is 0.0625. The third-order valence-corrected chi connectivity index (χ3v) is 3.21. The Morgan fingerprint density at radius 1 is 1.06 bits per heavy atom. The van der Waals surface area contributed by atoms with E-state index in [9.17, 15) is 5.11 Å². The second-order valence-corrected chi connectivity index (χ2v) is 4.21. The Hall–Kier alpha value is -2.37. The summed E-state index contributed by atoms with van der Waals surface area (Å²) in [7, 11) is 0. The predicted molar refractivity (Wildman–Crippen MR) is 71.4 cm³/mol. The maximum absolute atomic E-state index is 10.8. The van der Waals surface area contributed by atoms with E-state index in [1.165, 1.54) is 0 Å². The monoisotopic (exact) mass is 233 g/mol. The number of nitrogens with zero attached hydrogens (tertiary/aromatic N) is 1.